The molecule has 0 aliphatic carbocycles. The molecule has 0 aliphatic heterocycles. The van der Waals surface area contributed by atoms with Gasteiger partial charge in [0.05, 0.1) is 57.6 Å². The maximum Gasteiger partial charge on any atom is 0.211 e. The summed E-state index contributed by atoms with van der Waals surface area (Å²) >= 11 is 0. The van der Waals surface area contributed by atoms with Gasteiger partial charge in [-0.05, 0) is 77.2 Å². The van der Waals surface area contributed by atoms with Crippen LogP contribution in [0.1, 0.15) is 11.1 Å². The van der Waals surface area contributed by atoms with E-state index < -0.39 is 0 Å². The first-order valence-electron chi connectivity index (χ1n) is 16.3. The quantitative estimate of drug-likeness (QED) is 0.181. The second-order valence-electron chi connectivity index (χ2n) is 12.3. The van der Waals surface area contributed by atoms with E-state index in [0.29, 0.717) is 16.8 Å². The lowest BCUT2D eigenvalue weighted by atomic mass is 9.94. The summed E-state index contributed by atoms with van der Waals surface area (Å²) in [6.07, 6.45) is 0. The number of aromatic nitrogens is 2. The number of hydrogen-bond acceptors (Lipinski definition) is 2. The molecule has 50 heavy (non-hydrogen) atoms. The molecule has 7 aromatic carbocycles. The molecular weight excluding hydrogens is 611 g/mol. The highest BCUT2D eigenvalue weighted by atomic mass is 15.0. The maximum absolute atomic E-state index is 10.2. The van der Waals surface area contributed by atoms with Gasteiger partial charge >= 0.3 is 0 Å². The maximum atomic E-state index is 10.2. The SMILES string of the molecule is [C-]#[N+]c1cccc2c3ccccc3n(-c3ccccc3-c3ccc(C#N)c(-c4ccc(-n5c6ccccc6c6cc(C#N)ccc65)cc4)c3)c12. The van der Waals surface area contributed by atoms with Crippen molar-refractivity contribution in [3.05, 3.63) is 174 Å². The third kappa shape index (κ3) is 4.31. The van der Waals surface area contributed by atoms with E-state index in [1.54, 1.807) is 0 Å². The molecule has 2 aromatic heterocycles. The van der Waals surface area contributed by atoms with Crippen LogP contribution in [0.4, 0.5) is 5.69 Å². The van der Waals surface area contributed by atoms with Gasteiger partial charge in [-0.15, -0.1) is 0 Å². The predicted molar refractivity (Wildman–Crippen MR) is 202 cm³/mol. The van der Waals surface area contributed by atoms with Gasteiger partial charge in [-0.25, -0.2) is 4.85 Å². The van der Waals surface area contributed by atoms with Crippen LogP contribution in [0.15, 0.2) is 152 Å². The Kier molecular flexibility index (Phi) is 6.56. The molecule has 9 aromatic rings. The average molecular weight is 636 g/mol. The number of rotatable bonds is 4. The van der Waals surface area contributed by atoms with Gasteiger partial charge in [0.15, 0.2) is 0 Å². The topological polar surface area (TPSA) is 61.8 Å². The molecule has 0 N–H and O–H groups in total. The highest BCUT2D eigenvalue weighted by molar-refractivity contribution is 6.14. The lowest BCUT2D eigenvalue weighted by Crippen LogP contribution is -1.98. The van der Waals surface area contributed by atoms with Crippen molar-refractivity contribution in [1.82, 2.24) is 9.13 Å². The van der Waals surface area contributed by atoms with Crippen molar-refractivity contribution in [2.75, 3.05) is 0 Å². The molecule has 9 rings (SSSR count). The van der Waals surface area contributed by atoms with E-state index in [2.05, 4.69) is 98.9 Å². The fraction of sp³-hybridized carbons (Fsp3) is 0. The van der Waals surface area contributed by atoms with Gasteiger partial charge in [0.25, 0.3) is 0 Å². The van der Waals surface area contributed by atoms with Crippen LogP contribution in [-0.2, 0) is 0 Å². The standard InChI is InChI=1S/C45H25N5/c1-48-40-13-8-12-37-35-10-3-7-16-43(35)50(45(37)40)41-14-5-2-9-34(41)31-18-19-32(28-47)38(26-31)30-20-22-33(23-21-30)49-42-15-6-4-11-36(42)39-25-29(27-46)17-24-44(39)49/h2-26H. The average Bonchev–Trinajstić information content (AvgIpc) is 3.70. The molecule has 5 nitrogen and oxygen atoms in total. The number of hydrogen-bond donors (Lipinski definition) is 0. The third-order valence-corrected chi connectivity index (χ3v) is 9.63. The van der Waals surface area contributed by atoms with E-state index in [4.69, 9.17) is 6.57 Å². The predicted octanol–water partition coefficient (Wildman–Crippen LogP) is 11.5. The Labute approximate surface area is 288 Å². The smallest absolute Gasteiger partial charge is 0.211 e. The monoisotopic (exact) mass is 635 g/mol. The lowest BCUT2D eigenvalue weighted by molar-refractivity contribution is 1.18. The fourth-order valence-corrected chi connectivity index (χ4v) is 7.41. The molecule has 0 fully saturated rings. The third-order valence-electron chi connectivity index (χ3n) is 9.63. The molecule has 5 heteroatoms. The summed E-state index contributed by atoms with van der Waals surface area (Å²) < 4.78 is 4.42. The van der Waals surface area contributed by atoms with Crippen LogP contribution in [0, 0.1) is 29.2 Å². The van der Waals surface area contributed by atoms with Gasteiger partial charge in [0.1, 0.15) is 0 Å². The van der Waals surface area contributed by atoms with Crippen LogP contribution in [-0.4, -0.2) is 9.13 Å². The summed E-state index contributed by atoms with van der Waals surface area (Å²) in [5.41, 5.74) is 11.5. The van der Waals surface area contributed by atoms with Gasteiger partial charge in [0.2, 0.25) is 5.69 Å². The fourth-order valence-electron chi connectivity index (χ4n) is 7.41. The first kappa shape index (κ1) is 28.8. The number of fused-ring (bicyclic) bond motifs is 6. The summed E-state index contributed by atoms with van der Waals surface area (Å²) in [4.78, 5) is 3.90. The van der Waals surface area contributed by atoms with Crippen molar-refractivity contribution in [3.8, 4) is 45.8 Å². The molecular formula is C45H25N5. The van der Waals surface area contributed by atoms with Crippen molar-refractivity contribution >= 4 is 49.3 Å². The Bertz CT molecular complexity index is 2960. The second-order valence-corrected chi connectivity index (χ2v) is 12.3. The zero-order valence-corrected chi connectivity index (χ0v) is 26.7. The minimum absolute atomic E-state index is 0.590. The Morgan fingerprint density at radius 2 is 1.16 bits per heavy atom. The number of nitriles is 2. The highest BCUT2D eigenvalue weighted by Crippen LogP contribution is 2.41. The van der Waals surface area contributed by atoms with Crippen LogP contribution >= 0.6 is 0 Å². The minimum Gasteiger partial charge on any atom is -0.318 e. The van der Waals surface area contributed by atoms with E-state index in [1.807, 2.05) is 78.9 Å². The van der Waals surface area contributed by atoms with Gasteiger partial charge < -0.3 is 9.13 Å². The Morgan fingerprint density at radius 1 is 0.500 bits per heavy atom. The van der Waals surface area contributed by atoms with E-state index in [-0.39, 0.29) is 0 Å². The molecule has 0 bridgehead atoms. The minimum atomic E-state index is 0.590. The Hall–Kier alpha value is -7.39. The summed E-state index contributed by atoms with van der Waals surface area (Å²) in [5.74, 6) is 0. The molecule has 0 spiro atoms. The molecule has 0 radical (unpaired) electrons. The van der Waals surface area contributed by atoms with Gasteiger partial charge in [-0.1, -0.05) is 91.0 Å². The number of benzene rings is 7. The van der Waals surface area contributed by atoms with Crippen molar-refractivity contribution in [1.29, 1.82) is 10.5 Å². The molecule has 2 heterocycles. The molecule has 0 aliphatic rings. The molecule has 0 amide bonds. The highest BCUT2D eigenvalue weighted by Gasteiger charge is 2.19. The van der Waals surface area contributed by atoms with E-state index in [0.717, 1.165) is 77.2 Å². The van der Waals surface area contributed by atoms with Crippen LogP contribution in [0.5, 0.6) is 0 Å². The van der Waals surface area contributed by atoms with Crippen LogP contribution in [0.25, 0.3) is 82.1 Å². The van der Waals surface area contributed by atoms with Crippen molar-refractivity contribution < 1.29 is 0 Å². The van der Waals surface area contributed by atoms with Gasteiger partial charge in [-0.3, -0.25) is 0 Å². The summed E-state index contributed by atoms with van der Waals surface area (Å²) in [6.45, 7) is 7.97. The molecule has 0 unspecified atom stereocenters. The van der Waals surface area contributed by atoms with Crippen LogP contribution in [0.2, 0.25) is 0 Å². The molecule has 0 atom stereocenters. The number of para-hydroxylation sites is 4. The van der Waals surface area contributed by atoms with Crippen molar-refractivity contribution in [2.45, 2.75) is 0 Å². The van der Waals surface area contributed by atoms with Crippen LogP contribution in [0.3, 0.4) is 0 Å². The molecule has 230 valence electrons. The summed E-state index contributed by atoms with van der Waals surface area (Å²) in [6, 6.07) is 55.5. The second kappa shape index (κ2) is 11.4. The van der Waals surface area contributed by atoms with Gasteiger partial charge in [0, 0.05) is 33.0 Å². The van der Waals surface area contributed by atoms with Crippen molar-refractivity contribution in [3.63, 3.8) is 0 Å². The summed E-state index contributed by atoms with van der Waals surface area (Å²) in [7, 11) is 0. The normalized spacial score (nSPS) is 11.1. The van der Waals surface area contributed by atoms with E-state index >= 15 is 0 Å². The number of nitrogens with zero attached hydrogens (tertiary/aromatic N) is 5. The van der Waals surface area contributed by atoms with Gasteiger partial charge in [-0.2, -0.15) is 10.5 Å². The zero-order chi connectivity index (χ0) is 33.8. The molecule has 0 saturated heterocycles. The first-order valence-corrected chi connectivity index (χ1v) is 16.3. The Morgan fingerprint density at radius 3 is 1.92 bits per heavy atom. The Balaban J connectivity index is 1.20. The molecule has 0 saturated carbocycles. The lowest BCUT2D eigenvalue weighted by Gasteiger charge is -2.16. The largest absolute Gasteiger partial charge is 0.318 e. The van der Waals surface area contributed by atoms with E-state index in [9.17, 15) is 10.5 Å². The summed E-state index contributed by atoms with van der Waals surface area (Å²) in [5, 5.41) is 24.0. The first-order chi connectivity index (χ1) is 24.7. The van der Waals surface area contributed by atoms with Crippen molar-refractivity contribution in [2.24, 2.45) is 0 Å². The van der Waals surface area contributed by atoms with Crippen LogP contribution < -0.4 is 0 Å². The zero-order valence-electron chi connectivity index (χ0n) is 26.7. The van der Waals surface area contributed by atoms with E-state index in [1.165, 1.54) is 0 Å².